The smallest absolute Gasteiger partial charge is 0.264 e. The average Bonchev–Trinajstić information content (AvgIpc) is 2.78. The van der Waals surface area contributed by atoms with Gasteiger partial charge in [0.25, 0.3) is 15.9 Å². The second-order valence-electron chi connectivity index (χ2n) is 7.69. The molecule has 0 unspecified atom stereocenters. The van der Waals surface area contributed by atoms with Gasteiger partial charge >= 0.3 is 0 Å². The van der Waals surface area contributed by atoms with Gasteiger partial charge in [0, 0.05) is 0 Å². The van der Waals surface area contributed by atoms with E-state index in [1.54, 1.807) is 37.3 Å². The van der Waals surface area contributed by atoms with Crippen LogP contribution in [0.15, 0.2) is 82.8 Å². The summed E-state index contributed by atoms with van der Waals surface area (Å²) in [7, 11) is -3.95. The minimum atomic E-state index is -3.95. The summed E-state index contributed by atoms with van der Waals surface area (Å²) in [6.07, 6.45) is 0. The molecular formula is C25H27N3O3S. The van der Waals surface area contributed by atoms with Crippen molar-refractivity contribution in [2.75, 3.05) is 10.8 Å². The highest BCUT2D eigenvalue weighted by atomic mass is 32.2. The summed E-state index contributed by atoms with van der Waals surface area (Å²) >= 11 is 0. The molecule has 3 aromatic rings. The lowest BCUT2D eigenvalue weighted by Gasteiger charge is -2.24. The average molecular weight is 450 g/mol. The number of hydrogen-bond donors (Lipinski definition) is 1. The molecule has 3 rings (SSSR count). The number of nitrogens with zero attached hydrogens (tertiary/aromatic N) is 2. The molecule has 0 aliphatic heterocycles. The Morgan fingerprint density at radius 2 is 1.56 bits per heavy atom. The van der Waals surface area contributed by atoms with E-state index in [0.29, 0.717) is 11.4 Å². The highest BCUT2D eigenvalue weighted by Crippen LogP contribution is 2.25. The molecule has 166 valence electrons. The van der Waals surface area contributed by atoms with Crippen molar-refractivity contribution in [2.24, 2.45) is 5.10 Å². The second kappa shape index (κ2) is 9.78. The van der Waals surface area contributed by atoms with Crippen LogP contribution in [0.25, 0.3) is 0 Å². The number of carbonyl (C=O) groups is 1. The first kappa shape index (κ1) is 23.2. The summed E-state index contributed by atoms with van der Waals surface area (Å²) in [5.74, 6) is -0.533. The predicted molar refractivity (Wildman–Crippen MR) is 128 cm³/mol. The molecule has 0 aromatic heterocycles. The van der Waals surface area contributed by atoms with Crippen molar-refractivity contribution in [3.05, 3.63) is 95.1 Å². The quantitative estimate of drug-likeness (QED) is 0.430. The molecule has 6 nitrogen and oxygen atoms in total. The third-order valence-electron chi connectivity index (χ3n) is 5.21. The zero-order chi connectivity index (χ0) is 23.3. The van der Waals surface area contributed by atoms with Crippen LogP contribution in [0.5, 0.6) is 0 Å². The highest BCUT2D eigenvalue weighted by molar-refractivity contribution is 7.92. The van der Waals surface area contributed by atoms with Crippen molar-refractivity contribution in [3.8, 4) is 0 Å². The Morgan fingerprint density at radius 3 is 2.19 bits per heavy atom. The highest BCUT2D eigenvalue weighted by Gasteiger charge is 2.27. The number of anilines is 1. The third kappa shape index (κ3) is 5.42. The van der Waals surface area contributed by atoms with Crippen molar-refractivity contribution in [1.29, 1.82) is 0 Å². The summed E-state index contributed by atoms with van der Waals surface area (Å²) in [6.45, 7) is 7.23. The molecule has 1 amide bonds. The normalized spacial score (nSPS) is 11.8. The van der Waals surface area contributed by atoms with E-state index in [1.807, 2.05) is 51.1 Å². The maximum atomic E-state index is 13.4. The zero-order valence-electron chi connectivity index (χ0n) is 18.7. The topological polar surface area (TPSA) is 78.8 Å². The van der Waals surface area contributed by atoms with Crippen LogP contribution in [0.1, 0.15) is 29.2 Å². The zero-order valence-corrected chi connectivity index (χ0v) is 19.5. The van der Waals surface area contributed by atoms with Gasteiger partial charge in [-0.15, -0.1) is 0 Å². The molecule has 0 aliphatic rings. The first-order valence-corrected chi connectivity index (χ1v) is 11.7. The molecular weight excluding hydrogens is 422 g/mol. The Hall–Kier alpha value is -3.45. The number of aryl methyl sites for hydroxylation is 3. The Kier molecular flexibility index (Phi) is 7.10. The maximum absolute atomic E-state index is 13.4. The minimum absolute atomic E-state index is 0.116. The van der Waals surface area contributed by atoms with Gasteiger partial charge in [-0.05, 0) is 68.7 Å². The first-order chi connectivity index (χ1) is 15.2. The fourth-order valence-corrected chi connectivity index (χ4v) is 4.52. The number of hydrogen-bond acceptors (Lipinski definition) is 4. The Balaban J connectivity index is 1.88. The molecule has 0 aliphatic carbocycles. The fraction of sp³-hybridized carbons (Fsp3) is 0.200. The van der Waals surface area contributed by atoms with E-state index in [-0.39, 0.29) is 4.90 Å². The number of benzene rings is 3. The number of carbonyl (C=O) groups excluding carboxylic acids is 1. The Bertz CT molecular complexity index is 1240. The van der Waals surface area contributed by atoms with E-state index in [0.717, 1.165) is 26.6 Å². The number of rotatable bonds is 7. The van der Waals surface area contributed by atoms with Gasteiger partial charge in [0.1, 0.15) is 6.54 Å². The Labute approximate surface area is 189 Å². The van der Waals surface area contributed by atoms with E-state index in [1.165, 1.54) is 12.1 Å². The van der Waals surface area contributed by atoms with Crippen LogP contribution < -0.4 is 9.73 Å². The van der Waals surface area contributed by atoms with Crippen molar-refractivity contribution >= 4 is 27.3 Å². The van der Waals surface area contributed by atoms with Gasteiger partial charge in [-0.1, -0.05) is 54.1 Å². The van der Waals surface area contributed by atoms with Gasteiger partial charge < -0.3 is 0 Å². The number of hydrazone groups is 1. The lowest BCUT2D eigenvalue weighted by molar-refractivity contribution is -0.119. The molecule has 0 atom stereocenters. The van der Waals surface area contributed by atoms with E-state index >= 15 is 0 Å². The molecule has 0 heterocycles. The van der Waals surface area contributed by atoms with Gasteiger partial charge in [-0.3, -0.25) is 9.10 Å². The third-order valence-corrected chi connectivity index (χ3v) is 7.00. The fourth-order valence-electron chi connectivity index (χ4n) is 3.09. The van der Waals surface area contributed by atoms with Crippen molar-refractivity contribution in [1.82, 2.24) is 5.43 Å². The van der Waals surface area contributed by atoms with Crippen LogP contribution in [0.3, 0.4) is 0 Å². The molecule has 1 N–H and O–H groups in total. The van der Waals surface area contributed by atoms with Crippen LogP contribution in [0.2, 0.25) is 0 Å². The summed E-state index contributed by atoms with van der Waals surface area (Å²) in [4.78, 5) is 12.8. The van der Waals surface area contributed by atoms with E-state index < -0.39 is 22.5 Å². The van der Waals surface area contributed by atoms with Crippen LogP contribution in [-0.2, 0) is 14.8 Å². The molecule has 0 fully saturated rings. The standard InChI is InChI=1S/C25H27N3O3S/c1-18-10-13-22(14-11-18)21(4)26-27-25(29)17-28(23-15-12-19(2)20(3)16-23)32(30,31)24-8-6-5-7-9-24/h5-16H,17H2,1-4H3,(H,27,29)/b26-21-. The number of sulfonamides is 1. The van der Waals surface area contributed by atoms with Gasteiger partial charge in [-0.2, -0.15) is 5.10 Å². The SMILES string of the molecule is C/C(=N/NC(=O)CN(c1ccc(C)c(C)c1)S(=O)(=O)c1ccccc1)c1ccc(C)cc1. The predicted octanol–water partition coefficient (Wildman–Crippen LogP) is 4.35. The second-order valence-corrected chi connectivity index (χ2v) is 9.55. The molecule has 3 aromatic carbocycles. The van der Waals surface area contributed by atoms with Crippen LogP contribution in [-0.4, -0.2) is 26.6 Å². The minimum Gasteiger partial charge on any atom is -0.271 e. The lowest BCUT2D eigenvalue weighted by atomic mass is 10.1. The van der Waals surface area contributed by atoms with Crippen molar-refractivity contribution in [3.63, 3.8) is 0 Å². The van der Waals surface area contributed by atoms with Crippen LogP contribution >= 0.6 is 0 Å². The van der Waals surface area contributed by atoms with E-state index in [4.69, 9.17) is 0 Å². The molecule has 0 saturated heterocycles. The largest absolute Gasteiger partial charge is 0.271 e. The van der Waals surface area contributed by atoms with E-state index in [2.05, 4.69) is 10.5 Å². The first-order valence-electron chi connectivity index (χ1n) is 10.2. The van der Waals surface area contributed by atoms with E-state index in [9.17, 15) is 13.2 Å². The lowest BCUT2D eigenvalue weighted by Crippen LogP contribution is -2.39. The van der Waals surface area contributed by atoms with Crippen molar-refractivity contribution in [2.45, 2.75) is 32.6 Å². The number of nitrogens with one attached hydrogen (secondary N) is 1. The Morgan fingerprint density at radius 1 is 0.906 bits per heavy atom. The monoisotopic (exact) mass is 449 g/mol. The number of amides is 1. The molecule has 0 bridgehead atoms. The summed E-state index contributed by atoms with van der Waals surface area (Å²) < 4.78 is 27.8. The summed E-state index contributed by atoms with van der Waals surface area (Å²) in [5.41, 5.74) is 7.51. The van der Waals surface area contributed by atoms with Gasteiger partial charge in [0.15, 0.2) is 0 Å². The van der Waals surface area contributed by atoms with Gasteiger partial charge in [-0.25, -0.2) is 13.8 Å². The van der Waals surface area contributed by atoms with Crippen molar-refractivity contribution < 1.29 is 13.2 Å². The van der Waals surface area contributed by atoms with Gasteiger partial charge in [0.05, 0.1) is 16.3 Å². The van der Waals surface area contributed by atoms with Crippen LogP contribution in [0, 0.1) is 20.8 Å². The molecule has 32 heavy (non-hydrogen) atoms. The summed E-state index contributed by atoms with van der Waals surface area (Å²) in [5, 5.41) is 4.15. The van der Waals surface area contributed by atoms with Crippen LogP contribution in [0.4, 0.5) is 5.69 Å². The molecule has 0 radical (unpaired) electrons. The molecule has 0 saturated carbocycles. The molecule has 0 spiro atoms. The maximum Gasteiger partial charge on any atom is 0.264 e. The van der Waals surface area contributed by atoms with Gasteiger partial charge in [0.2, 0.25) is 0 Å². The molecule has 7 heteroatoms. The summed E-state index contributed by atoms with van der Waals surface area (Å²) in [6, 6.07) is 21.2.